The molecule has 18 heavy (non-hydrogen) atoms. The van der Waals surface area contributed by atoms with E-state index in [0.717, 1.165) is 23.3 Å². The van der Waals surface area contributed by atoms with Crippen LogP contribution in [0.5, 0.6) is 0 Å². The quantitative estimate of drug-likeness (QED) is 0.892. The normalized spacial score (nSPS) is 15.1. The van der Waals surface area contributed by atoms with Gasteiger partial charge in [0.2, 0.25) is 5.95 Å². The van der Waals surface area contributed by atoms with Crippen molar-refractivity contribution in [2.24, 2.45) is 7.05 Å². The number of rotatable bonds is 4. The van der Waals surface area contributed by atoms with Crippen molar-refractivity contribution in [1.29, 1.82) is 0 Å². The number of hydrogen-bond donors (Lipinski definition) is 1. The van der Waals surface area contributed by atoms with Gasteiger partial charge in [0.05, 0.1) is 5.69 Å². The third-order valence-electron chi connectivity index (χ3n) is 3.02. The number of hydrogen-bond acceptors (Lipinski definition) is 4. The van der Waals surface area contributed by atoms with Gasteiger partial charge in [-0.1, -0.05) is 6.92 Å². The SMILES string of the molecule is CCc1nn(C)c2c1nc(N)n2C(C)CS(C)=O. The summed E-state index contributed by atoms with van der Waals surface area (Å²) in [6, 6.07) is 0.0425. The number of anilines is 1. The van der Waals surface area contributed by atoms with Gasteiger partial charge in [-0.05, 0) is 13.3 Å². The van der Waals surface area contributed by atoms with Gasteiger partial charge in [-0.2, -0.15) is 5.10 Å². The van der Waals surface area contributed by atoms with Gasteiger partial charge in [0, 0.05) is 35.9 Å². The molecule has 0 aromatic carbocycles. The zero-order valence-electron chi connectivity index (χ0n) is 11.2. The van der Waals surface area contributed by atoms with Crippen molar-refractivity contribution >= 4 is 27.9 Å². The summed E-state index contributed by atoms with van der Waals surface area (Å²) in [5, 5.41) is 4.43. The molecule has 2 aromatic heterocycles. The highest BCUT2D eigenvalue weighted by molar-refractivity contribution is 7.84. The van der Waals surface area contributed by atoms with E-state index < -0.39 is 10.8 Å². The molecule has 0 amide bonds. The van der Waals surface area contributed by atoms with Crippen LogP contribution in [-0.2, 0) is 24.3 Å². The minimum atomic E-state index is -0.867. The lowest BCUT2D eigenvalue weighted by Crippen LogP contribution is -2.16. The lowest BCUT2D eigenvalue weighted by atomic mass is 10.3. The molecule has 0 spiro atoms. The predicted octanol–water partition coefficient (Wildman–Crippen LogP) is 0.854. The highest BCUT2D eigenvalue weighted by Gasteiger charge is 2.20. The van der Waals surface area contributed by atoms with Crippen molar-refractivity contribution in [3.05, 3.63) is 5.69 Å². The minimum absolute atomic E-state index is 0.0425. The van der Waals surface area contributed by atoms with E-state index in [1.807, 2.05) is 25.5 Å². The third-order valence-corrected chi connectivity index (χ3v) is 3.97. The molecule has 2 aromatic rings. The number of imidazole rings is 1. The Morgan fingerprint density at radius 1 is 1.50 bits per heavy atom. The first kappa shape index (κ1) is 13.1. The monoisotopic (exact) mass is 269 g/mol. The van der Waals surface area contributed by atoms with E-state index in [2.05, 4.69) is 10.1 Å². The maximum Gasteiger partial charge on any atom is 0.202 e. The first-order valence-electron chi connectivity index (χ1n) is 5.95. The van der Waals surface area contributed by atoms with E-state index in [-0.39, 0.29) is 6.04 Å². The summed E-state index contributed by atoms with van der Waals surface area (Å²) < 4.78 is 15.1. The molecule has 7 heteroatoms. The molecule has 2 atom stereocenters. The number of nitrogens with zero attached hydrogens (tertiary/aromatic N) is 4. The van der Waals surface area contributed by atoms with Crippen molar-refractivity contribution in [3.63, 3.8) is 0 Å². The van der Waals surface area contributed by atoms with E-state index in [4.69, 9.17) is 5.73 Å². The highest BCUT2D eigenvalue weighted by Crippen LogP contribution is 2.25. The Hall–Kier alpha value is -1.37. The fourth-order valence-electron chi connectivity index (χ4n) is 2.31. The number of aromatic nitrogens is 4. The van der Waals surface area contributed by atoms with Gasteiger partial charge in [-0.15, -0.1) is 0 Å². The molecule has 0 radical (unpaired) electrons. The standard InChI is InChI=1S/C11H19N5OS/c1-5-8-9-10(15(3)14-8)16(11(12)13-9)7(2)6-18(4)17/h7H,5-6H2,1-4H3,(H2,12,13). The maximum atomic E-state index is 11.4. The van der Waals surface area contributed by atoms with E-state index >= 15 is 0 Å². The second-order valence-corrected chi connectivity index (χ2v) is 6.00. The van der Waals surface area contributed by atoms with Crippen LogP contribution in [0.2, 0.25) is 0 Å². The van der Waals surface area contributed by atoms with Crippen molar-refractivity contribution in [2.75, 3.05) is 17.7 Å². The summed E-state index contributed by atoms with van der Waals surface area (Å²) in [7, 11) is 1.02. The molecule has 0 aliphatic carbocycles. The van der Waals surface area contributed by atoms with Crippen LogP contribution in [0, 0.1) is 0 Å². The molecule has 0 bridgehead atoms. The second kappa shape index (κ2) is 4.72. The topological polar surface area (TPSA) is 78.7 Å². The molecule has 6 nitrogen and oxygen atoms in total. The van der Waals surface area contributed by atoms with E-state index in [9.17, 15) is 4.21 Å². The Balaban J connectivity index is 2.59. The Labute approximate surface area is 109 Å². The van der Waals surface area contributed by atoms with Gasteiger partial charge in [-0.25, -0.2) is 4.98 Å². The molecule has 2 rings (SSSR count). The zero-order valence-corrected chi connectivity index (χ0v) is 12.0. The van der Waals surface area contributed by atoms with Crippen LogP contribution < -0.4 is 5.73 Å². The minimum Gasteiger partial charge on any atom is -0.369 e. The summed E-state index contributed by atoms with van der Waals surface area (Å²) in [6.45, 7) is 4.04. The van der Waals surface area contributed by atoms with Crippen LogP contribution in [-0.4, -0.2) is 35.5 Å². The first-order valence-corrected chi connectivity index (χ1v) is 7.67. The van der Waals surface area contributed by atoms with Crippen LogP contribution in [0.15, 0.2) is 0 Å². The smallest absolute Gasteiger partial charge is 0.202 e. The number of aryl methyl sites for hydroxylation is 2. The number of nitrogen functional groups attached to an aromatic ring is 1. The van der Waals surface area contributed by atoms with Gasteiger partial charge in [-0.3, -0.25) is 13.5 Å². The Bertz CT molecular complexity index is 600. The van der Waals surface area contributed by atoms with E-state index in [1.165, 1.54) is 0 Å². The Morgan fingerprint density at radius 2 is 2.17 bits per heavy atom. The molecule has 0 aliphatic rings. The van der Waals surface area contributed by atoms with Crippen LogP contribution in [0.25, 0.3) is 11.2 Å². The van der Waals surface area contributed by atoms with Crippen molar-refractivity contribution in [3.8, 4) is 0 Å². The summed E-state index contributed by atoms with van der Waals surface area (Å²) >= 11 is 0. The average molecular weight is 269 g/mol. The van der Waals surface area contributed by atoms with E-state index in [1.54, 1.807) is 10.9 Å². The molecule has 2 N–H and O–H groups in total. The second-order valence-electron chi connectivity index (χ2n) is 4.52. The third kappa shape index (κ3) is 2.03. The van der Waals surface area contributed by atoms with Gasteiger partial charge < -0.3 is 5.73 Å². The van der Waals surface area contributed by atoms with Crippen LogP contribution in [0.3, 0.4) is 0 Å². The zero-order chi connectivity index (χ0) is 13.4. The Morgan fingerprint density at radius 3 is 2.72 bits per heavy atom. The fraction of sp³-hybridized carbons (Fsp3) is 0.636. The summed E-state index contributed by atoms with van der Waals surface area (Å²) in [5.41, 5.74) is 8.68. The molecule has 0 fully saturated rings. The van der Waals surface area contributed by atoms with Crippen LogP contribution >= 0.6 is 0 Å². The maximum absolute atomic E-state index is 11.4. The van der Waals surface area contributed by atoms with Gasteiger partial charge in [0.1, 0.15) is 5.52 Å². The van der Waals surface area contributed by atoms with Crippen molar-refractivity contribution in [1.82, 2.24) is 19.3 Å². The molecule has 2 unspecified atom stereocenters. The molecule has 100 valence electrons. The van der Waals surface area contributed by atoms with Crippen molar-refractivity contribution < 1.29 is 4.21 Å². The Kier molecular flexibility index (Phi) is 3.43. The van der Waals surface area contributed by atoms with E-state index in [0.29, 0.717) is 11.7 Å². The molecule has 0 saturated carbocycles. The summed E-state index contributed by atoms with van der Waals surface area (Å²) in [4.78, 5) is 4.39. The average Bonchev–Trinajstić information content (AvgIpc) is 2.75. The molecule has 2 heterocycles. The van der Waals surface area contributed by atoms with Crippen molar-refractivity contribution in [2.45, 2.75) is 26.3 Å². The summed E-state index contributed by atoms with van der Waals surface area (Å²) in [5.74, 6) is 1.02. The van der Waals surface area contributed by atoms with Crippen LogP contribution in [0.4, 0.5) is 5.95 Å². The molecular weight excluding hydrogens is 250 g/mol. The van der Waals surface area contributed by atoms with Gasteiger partial charge >= 0.3 is 0 Å². The number of fused-ring (bicyclic) bond motifs is 1. The summed E-state index contributed by atoms with van der Waals surface area (Å²) in [6.07, 6.45) is 2.52. The molecule has 0 aliphatic heterocycles. The first-order chi connectivity index (χ1) is 8.45. The fourth-order valence-corrected chi connectivity index (χ4v) is 3.13. The van der Waals surface area contributed by atoms with Crippen LogP contribution in [0.1, 0.15) is 25.6 Å². The highest BCUT2D eigenvalue weighted by atomic mass is 32.2. The molecule has 0 saturated heterocycles. The lowest BCUT2D eigenvalue weighted by Gasteiger charge is -2.14. The predicted molar refractivity (Wildman–Crippen MR) is 73.9 cm³/mol. The molecular formula is C11H19N5OS. The van der Waals surface area contributed by atoms with Gasteiger partial charge in [0.25, 0.3) is 0 Å². The number of nitrogens with two attached hydrogens (primary N) is 1. The largest absolute Gasteiger partial charge is 0.369 e. The lowest BCUT2D eigenvalue weighted by molar-refractivity contribution is 0.599. The van der Waals surface area contributed by atoms with Gasteiger partial charge in [0.15, 0.2) is 5.65 Å².